The van der Waals surface area contributed by atoms with Gasteiger partial charge in [-0.25, -0.2) is 13.1 Å². The first-order chi connectivity index (χ1) is 13.7. The number of carbonyl (C=O) groups is 1. The van der Waals surface area contributed by atoms with Crippen LogP contribution >= 0.6 is 0 Å². The van der Waals surface area contributed by atoms with Crippen LogP contribution in [0.15, 0.2) is 41.9 Å². The number of nitrogens with zero attached hydrogens (tertiary/aromatic N) is 2. The molecule has 3 rings (SSSR count). The maximum absolute atomic E-state index is 13.1. The minimum Gasteiger partial charge on any atom is -0.387 e. The van der Waals surface area contributed by atoms with Gasteiger partial charge in [0.2, 0.25) is 10.0 Å². The Morgan fingerprint density at radius 1 is 1.52 bits per heavy atom. The highest BCUT2D eigenvalue weighted by Gasteiger charge is 2.34. The topological polar surface area (TPSA) is 112 Å². The number of hydrogen-bond acceptors (Lipinski definition) is 5. The van der Waals surface area contributed by atoms with Gasteiger partial charge in [0.15, 0.2) is 5.78 Å². The fourth-order valence-electron chi connectivity index (χ4n) is 3.68. The van der Waals surface area contributed by atoms with Crippen LogP contribution in [0.25, 0.3) is 0 Å². The average molecular weight is 413 g/mol. The molecule has 0 saturated heterocycles. The van der Waals surface area contributed by atoms with Crippen LogP contribution in [0.5, 0.6) is 0 Å². The van der Waals surface area contributed by atoms with Crippen molar-refractivity contribution in [3.05, 3.63) is 65.0 Å². The van der Waals surface area contributed by atoms with E-state index in [9.17, 15) is 23.6 Å². The molecule has 2 aromatic rings. The lowest BCUT2D eigenvalue weighted by atomic mass is 9.97. The first-order valence-corrected chi connectivity index (χ1v) is 10.7. The van der Waals surface area contributed by atoms with Gasteiger partial charge in [-0.1, -0.05) is 18.2 Å². The number of aliphatic hydroxyl groups excluding tert-OH is 1. The molecule has 0 saturated carbocycles. The van der Waals surface area contributed by atoms with Crippen LogP contribution in [0, 0.1) is 18.3 Å². The van der Waals surface area contributed by atoms with Crippen molar-refractivity contribution in [2.24, 2.45) is 7.05 Å². The number of aromatic nitrogens is 1. The van der Waals surface area contributed by atoms with E-state index < -0.39 is 22.2 Å². The zero-order chi connectivity index (χ0) is 21.3. The molecule has 2 N–H and O–H groups in total. The molecule has 8 heteroatoms. The smallest absolute Gasteiger partial charge is 0.242 e. The molecule has 1 aliphatic rings. The van der Waals surface area contributed by atoms with E-state index in [1.165, 1.54) is 16.8 Å². The molecule has 0 fully saturated rings. The summed E-state index contributed by atoms with van der Waals surface area (Å²) in [6.07, 6.45) is 2.44. The van der Waals surface area contributed by atoms with Crippen molar-refractivity contribution in [3.63, 3.8) is 0 Å². The van der Waals surface area contributed by atoms with Gasteiger partial charge in [0.25, 0.3) is 0 Å². The van der Waals surface area contributed by atoms with Crippen LogP contribution in [0.2, 0.25) is 0 Å². The second-order valence-corrected chi connectivity index (χ2v) is 8.97. The van der Waals surface area contributed by atoms with Crippen molar-refractivity contribution in [1.82, 2.24) is 9.29 Å². The van der Waals surface area contributed by atoms with Crippen molar-refractivity contribution in [1.29, 1.82) is 5.26 Å². The second kappa shape index (κ2) is 7.95. The number of hydrogen-bond donors (Lipinski definition) is 2. The number of aliphatic hydroxyl groups is 1. The summed E-state index contributed by atoms with van der Waals surface area (Å²) in [6.45, 7) is 5.34. The molecule has 152 valence electrons. The summed E-state index contributed by atoms with van der Waals surface area (Å²) < 4.78 is 29.6. The number of ketones is 1. The van der Waals surface area contributed by atoms with Crippen molar-refractivity contribution < 1.29 is 18.3 Å². The first kappa shape index (κ1) is 21.0. The SMILES string of the molecule is C=C[C@H](O)[C@@H]1CCc2c(cn(C)c2C(=O)Cc2ccc(C)c(C#N)c2)S(=O)(=O)N1. The predicted octanol–water partition coefficient (Wildman–Crippen LogP) is 1.77. The Hall–Kier alpha value is -2.73. The number of sulfonamides is 1. The Balaban J connectivity index is 1.97. The summed E-state index contributed by atoms with van der Waals surface area (Å²) in [4.78, 5) is 13.1. The van der Waals surface area contributed by atoms with Crippen molar-refractivity contribution in [3.8, 4) is 6.07 Å². The van der Waals surface area contributed by atoms with Crippen LogP contribution in [0.3, 0.4) is 0 Å². The second-order valence-electron chi connectivity index (χ2n) is 7.29. The van der Waals surface area contributed by atoms with Crippen molar-refractivity contribution in [2.75, 3.05) is 0 Å². The Morgan fingerprint density at radius 2 is 2.24 bits per heavy atom. The Morgan fingerprint density at radius 3 is 2.90 bits per heavy atom. The van der Waals surface area contributed by atoms with Gasteiger partial charge in [-0.05, 0) is 37.0 Å². The normalized spacial score (nSPS) is 18.9. The molecule has 1 aromatic carbocycles. The van der Waals surface area contributed by atoms with Gasteiger partial charge in [0, 0.05) is 25.2 Å². The third-order valence-corrected chi connectivity index (χ3v) is 6.80. The van der Waals surface area contributed by atoms with E-state index in [-0.39, 0.29) is 17.1 Å². The minimum atomic E-state index is -3.88. The zero-order valence-corrected chi connectivity index (χ0v) is 17.2. The lowest BCUT2D eigenvalue weighted by molar-refractivity contribution is 0.0984. The summed E-state index contributed by atoms with van der Waals surface area (Å²) in [5.74, 6) is -0.223. The van der Waals surface area contributed by atoms with Crippen molar-refractivity contribution >= 4 is 15.8 Å². The average Bonchev–Trinajstić information content (AvgIpc) is 2.96. The number of fused-ring (bicyclic) bond motifs is 1. The van der Waals surface area contributed by atoms with Crippen LogP contribution in [-0.2, 0) is 29.9 Å². The molecule has 2 atom stereocenters. The molecule has 7 nitrogen and oxygen atoms in total. The van der Waals surface area contributed by atoms with Crippen LogP contribution in [-0.4, -0.2) is 36.0 Å². The standard InChI is InChI=1S/C21H23N3O4S/c1-4-18(25)17-8-7-16-20(29(27,28)23-17)12-24(3)21(16)19(26)10-14-6-5-13(2)15(9-14)11-22/h4-6,9,12,17-18,23,25H,1,7-8,10H2,2-3H3/t17-,18-/m0/s1. The number of nitriles is 1. The highest BCUT2D eigenvalue weighted by molar-refractivity contribution is 7.89. The van der Waals surface area contributed by atoms with Crippen molar-refractivity contribution in [2.45, 2.75) is 43.2 Å². The van der Waals surface area contributed by atoms with Gasteiger partial charge in [0.05, 0.1) is 29.5 Å². The number of Topliss-reactive ketones (excluding diaryl/α,β-unsaturated/α-hetero) is 1. The van der Waals surface area contributed by atoms with Gasteiger partial charge in [-0.15, -0.1) is 6.58 Å². The van der Waals surface area contributed by atoms with Crippen LogP contribution < -0.4 is 4.72 Å². The molecular weight excluding hydrogens is 390 g/mol. The van der Waals surface area contributed by atoms with E-state index in [0.717, 1.165) is 5.56 Å². The Bertz CT molecular complexity index is 1130. The summed E-state index contributed by atoms with van der Waals surface area (Å²) in [5, 5.41) is 19.2. The lowest BCUT2D eigenvalue weighted by Crippen LogP contribution is -2.41. The number of aryl methyl sites for hydroxylation is 2. The maximum atomic E-state index is 13.1. The minimum absolute atomic E-state index is 0.0590. The molecule has 0 bridgehead atoms. The molecule has 2 heterocycles. The molecule has 0 aliphatic carbocycles. The maximum Gasteiger partial charge on any atom is 0.242 e. The number of nitrogens with one attached hydrogen (secondary N) is 1. The molecule has 0 unspecified atom stereocenters. The highest BCUT2D eigenvalue weighted by Crippen LogP contribution is 2.29. The van der Waals surface area contributed by atoms with Gasteiger partial charge in [0.1, 0.15) is 4.90 Å². The fourth-order valence-corrected chi connectivity index (χ4v) is 5.28. The third-order valence-electron chi connectivity index (χ3n) is 5.25. The number of carbonyl (C=O) groups excluding carboxylic acids is 1. The molecule has 0 amide bonds. The van der Waals surface area contributed by atoms with Gasteiger partial charge in [-0.3, -0.25) is 4.79 Å². The molecular formula is C21H23N3O4S. The van der Waals surface area contributed by atoms with E-state index in [1.54, 1.807) is 25.2 Å². The summed E-state index contributed by atoms with van der Waals surface area (Å²) in [5.41, 5.74) is 2.82. The molecule has 1 aliphatic heterocycles. The predicted molar refractivity (Wildman–Crippen MR) is 108 cm³/mol. The van der Waals surface area contributed by atoms with Gasteiger partial charge < -0.3 is 9.67 Å². The molecule has 0 spiro atoms. The third kappa shape index (κ3) is 4.03. The molecule has 29 heavy (non-hydrogen) atoms. The highest BCUT2D eigenvalue weighted by atomic mass is 32.2. The lowest BCUT2D eigenvalue weighted by Gasteiger charge is -2.19. The van der Waals surface area contributed by atoms with Crippen LogP contribution in [0.1, 0.15) is 39.2 Å². The fraction of sp³-hybridized carbons (Fsp3) is 0.333. The number of benzene rings is 1. The van der Waals surface area contributed by atoms with E-state index in [4.69, 9.17) is 0 Å². The monoisotopic (exact) mass is 413 g/mol. The van der Waals surface area contributed by atoms with Gasteiger partial charge in [-0.2, -0.15) is 5.26 Å². The summed E-state index contributed by atoms with van der Waals surface area (Å²) >= 11 is 0. The van der Waals surface area contributed by atoms with E-state index in [0.29, 0.717) is 35.2 Å². The summed E-state index contributed by atoms with van der Waals surface area (Å²) in [6, 6.07) is 6.68. The van der Waals surface area contributed by atoms with E-state index in [2.05, 4.69) is 17.4 Å². The quantitative estimate of drug-likeness (QED) is 0.573. The first-order valence-electron chi connectivity index (χ1n) is 9.22. The van der Waals surface area contributed by atoms with E-state index >= 15 is 0 Å². The largest absolute Gasteiger partial charge is 0.387 e. The number of rotatable bonds is 5. The Kier molecular flexibility index (Phi) is 5.75. The van der Waals surface area contributed by atoms with Gasteiger partial charge >= 0.3 is 0 Å². The molecule has 1 aromatic heterocycles. The van der Waals surface area contributed by atoms with Crippen LogP contribution in [0.4, 0.5) is 0 Å². The zero-order valence-electron chi connectivity index (χ0n) is 16.3. The molecule has 0 radical (unpaired) electrons. The summed E-state index contributed by atoms with van der Waals surface area (Å²) in [7, 11) is -2.24. The Labute approximate surface area is 170 Å². The van der Waals surface area contributed by atoms with E-state index in [1.807, 2.05) is 6.92 Å².